The Morgan fingerprint density at radius 1 is 0.958 bits per heavy atom. The Hall–Kier alpha value is -0.940. The van der Waals surface area contributed by atoms with Crippen LogP contribution < -0.4 is 0 Å². The number of halogens is 3. The van der Waals surface area contributed by atoms with Gasteiger partial charge >= 0.3 is 12.1 Å². The third-order valence-corrected chi connectivity index (χ3v) is 3.86. The number of hydrogen-bond acceptors (Lipinski definition) is 7. The molecule has 0 bridgehead atoms. The Morgan fingerprint density at radius 3 is 2.12 bits per heavy atom. The molecule has 0 aromatic rings. The van der Waals surface area contributed by atoms with Gasteiger partial charge in [-0.1, -0.05) is 0 Å². The molecule has 7 nitrogen and oxygen atoms in total. The molecule has 0 aliphatic carbocycles. The maximum absolute atomic E-state index is 12.3. The lowest BCUT2D eigenvalue weighted by Gasteiger charge is -2.36. The van der Waals surface area contributed by atoms with Crippen LogP contribution in [0.5, 0.6) is 0 Å². The van der Waals surface area contributed by atoms with Crippen molar-refractivity contribution in [3.63, 3.8) is 0 Å². The molecule has 3 heterocycles. The van der Waals surface area contributed by atoms with Crippen molar-refractivity contribution in [1.29, 1.82) is 0 Å². The maximum Gasteiger partial charge on any atom is 0.490 e. The Bertz CT molecular complexity index is 519. The second kappa shape index (κ2) is 5.53. The number of carbonyl (C=O) groups excluding carboxylic acids is 1. The van der Waals surface area contributed by atoms with Crippen LogP contribution in [0.15, 0.2) is 0 Å². The third kappa shape index (κ3) is 3.38. The molecule has 0 saturated carbocycles. The summed E-state index contributed by atoms with van der Waals surface area (Å²) < 4.78 is 69.6. The van der Waals surface area contributed by atoms with Gasteiger partial charge in [-0.3, -0.25) is 0 Å². The van der Waals surface area contributed by atoms with E-state index in [0.29, 0.717) is 0 Å². The van der Waals surface area contributed by atoms with Crippen LogP contribution in [-0.2, 0) is 33.2 Å². The van der Waals surface area contributed by atoms with E-state index >= 15 is 0 Å². The van der Waals surface area contributed by atoms with Gasteiger partial charge in [-0.05, 0) is 27.7 Å². The first-order valence-corrected chi connectivity index (χ1v) is 7.49. The topological polar surface area (TPSA) is 72.5 Å². The second-order valence-electron chi connectivity index (χ2n) is 6.80. The SMILES string of the molecule is CC1(C)O[C@H]2[C@@H](O1)[C@@H](COC(=O)C(F)(F)F)O[C@@H]1OC(C)(C)O[C@@H]12. The zero-order valence-electron chi connectivity index (χ0n) is 13.6. The van der Waals surface area contributed by atoms with Crippen molar-refractivity contribution in [2.24, 2.45) is 0 Å². The summed E-state index contributed by atoms with van der Waals surface area (Å²) in [4.78, 5) is 10.9. The van der Waals surface area contributed by atoms with E-state index in [9.17, 15) is 18.0 Å². The van der Waals surface area contributed by atoms with Gasteiger partial charge in [0.05, 0.1) is 0 Å². The van der Waals surface area contributed by atoms with E-state index in [0.717, 1.165) is 0 Å². The first kappa shape index (κ1) is 17.9. The van der Waals surface area contributed by atoms with Crippen LogP contribution in [0.1, 0.15) is 27.7 Å². The molecule has 3 rings (SSSR count). The van der Waals surface area contributed by atoms with Crippen LogP contribution in [-0.4, -0.2) is 61.0 Å². The van der Waals surface area contributed by atoms with Gasteiger partial charge in [0, 0.05) is 0 Å². The molecule has 0 spiro atoms. The van der Waals surface area contributed by atoms with Gasteiger partial charge in [-0.25, -0.2) is 4.79 Å². The number of ether oxygens (including phenoxy) is 6. The average molecular weight is 356 g/mol. The van der Waals surface area contributed by atoms with E-state index in [1.54, 1.807) is 27.7 Å². The highest BCUT2D eigenvalue weighted by atomic mass is 19.4. The summed E-state index contributed by atoms with van der Waals surface area (Å²) in [6.45, 7) is 6.07. The molecule has 3 fully saturated rings. The van der Waals surface area contributed by atoms with E-state index < -0.39 is 61.0 Å². The van der Waals surface area contributed by atoms with Crippen LogP contribution >= 0.6 is 0 Å². The molecule has 10 heteroatoms. The molecule has 24 heavy (non-hydrogen) atoms. The van der Waals surface area contributed by atoms with Crippen molar-refractivity contribution in [2.45, 2.75) is 76.2 Å². The second-order valence-corrected chi connectivity index (χ2v) is 6.80. The molecule has 0 aromatic heterocycles. The van der Waals surface area contributed by atoms with Crippen LogP contribution in [0.3, 0.4) is 0 Å². The lowest BCUT2D eigenvalue weighted by Crippen LogP contribution is -2.56. The highest BCUT2D eigenvalue weighted by molar-refractivity contribution is 5.75. The molecule has 3 saturated heterocycles. The van der Waals surface area contributed by atoms with E-state index in [2.05, 4.69) is 4.74 Å². The molecular weight excluding hydrogens is 337 g/mol. The van der Waals surface area contributed by atoms with Gasteiger partial charge in [0.1, 0.15) is 31.0 Å². The molecule has 3 aliphatic rings. The number of fused-ring (bicyclic) bond motifs is 3. The smallest absolute Gasteiger partial charge is 0.456 e. The number of esters is 1. The molecular formula is C14H19F3O7. The zero-order chi connectivity index (χ0) is 17.9. The fourth-order valence-electron chi connectivity index (χ4n) is 3.07. The van der Waals surface area contributed by atoms with Gasteiger partial charge in [-0.2, -0.15) is 13.2 Å². The minimum atomic E-state index is -5.07. The average Bonchev–Trinajstić information content (AvgIpc) is 2.88. The van der Waals surface area contributed by atoms with Gasteiger partial charge in [0.25, 0.3) is 0 Å². The van der Waals surface area contributed by atoms with Gasteiger partial charge < -0.3 is 28.4 Å². The molecule has 0 unspecified atom stereocenters. The summed E-state index contributed by atoms with van der Waals surface area (Å²) in [6.07, 6.45) is -8.86. The highest BCUT2D eigenvalue weighted by Gasteiger charge is 2.61. The number of rotatable bonds is 2. The van der Waals surface area contributed by atoms with Crippen LogP contribution in [0.25, 0.3) is 0 Å². The third-order valence-electron chi connectivity index (χ3n) is 3.86. The molecule has 0 aromatic carbocycles. The van der Waals surface area contributed by atoms with Gasteiger partial charge in [0.15, 0.2) is 17.9 Å². The standard InChI is InChI=1S/C14H19F3O7/c1-12(2)21-7-6(5-19-11(18)14(15,16)17)20-10-9(8(7)22-12)23-13(3,4)24-10/h6-10H,5H2,1-4H3/t6-,7+,8+,9-,10-/m1/s1. The fraction of sp³-hybridized carbons (Fsp3) is 0.929. The van der Waals surface area contributed by atoms with Crippen molar-refractivity contribution < 1.29 is 46.4 Å². The molecule has 0 amide bonds. The Morgan fingerprint density at radius 2 is 1.50 bits per heavy atom. The summed E-state index contributed by atoms with van der Waals surface area (Å²) in [5.41, 5.74) is 0. The number of carbonyl (C=O) groups is 1. The summed E-state index contributed by atoms with van der Waals surface area (Å²) in [6, 6.07) is 0. The largest absolute Gasteiger partial charge is 0.490 e. The van der Waals surface area contributed by atoms with Crippen molar-refractivity contribution in [3.8, 4) is 0 Å². The highest BCUT2D eigenvalue weighted by Crippen LogP contribution is 2.44. The Labute approximate surface area is 136 Å². The maximum atomic E-state index is 12.3. The van der Waals surface area contributed by atoms with Gasteiger partial charge in [0.2, 0.25) is 0 Å². The van der Waals surface area contributed by atoms with Crippen molar-refractivity contribution in [3.05, 3.63) is 0 Å². The van der Waals surface area contributed by atoms with Crippen molar-refractivity contribution in [2.75, 3.05) is 6.61 Å². The Balaban J connectivity index is 1.74. The first-order chi connectivity index (χ1) is 10.9. The van der Waals surface area contributed by atoms with Crippen LogP contribution in [0, 0.1) is 0 Å². The van der Waals surface area contributed by atoms with E-state index in [4.69, 9.17) is 23.7 Å². The van der Waals surface area contributed by atoms with Crippen molar-refractivity contribution >= 4 is 5.97 Å². The lowest BCUT2D eigenvalue weighted by atomic mass is 9.99. The van der Waals surface area contributed by atoms with E-state index in [1.165, 1.54) is 0 Å². The molecule has 5 atom stereocenters. The van der Waals surface area contributed by atoms with Gasteiger partial charge in [-0.15, -0.1) is 0 Å². The summed E-state index contributed by atoms with van der Waals surface area (Å²) in [5.74, 6) is -4.20. The quantitative estimate of drug-likeness (QED) is 0.694. The monoisotopic (exact) mass is 356 g/mol. The van der Waals surface area contributed by atoms with Crippen molar-refractivity contribution in [1.82, 2.24) is 0 Å². The van der Waals surface area contributed by atoms with E-state index in [-0.39, 0.29) is 0 Å². The normalized spacial score (nSPS) is 40.0. The summed E-state index contributed by atoms with van der Waals surface area (Å²) in [7, 11) is 0. The summed E-state index contributed by atoms with van der Waals surface area (Å²) in [5, 5.41) is 0. The molecule has 0 N–H and O–H groups in total. The molecule has 0 radical (unpaired) electrons. The number of alkyl halides is 3. The minimum Gasteiger partial charge on any atom is -0.456 e. The summed E-state index contributed by atoms with van der Waals surface area (Å²) >= 11 is 0. The van der Waals surface area contributed by atoms with Crippen LogP contribution in [0.2, 0.25) is 0 Å². The predicted octanol–water partition coefficient (Wildman–Crippen LogP) is 1.49. The van der Waals surface area contributed by atoms with E-state index in [1.807, 2.05) is 0 Å². The predicted molar refractivity (Wildman–Crippen MR) is 69.5 cm³/mol. The fourth-order valence-corrected chi connectivity index (χ4v) is 3.07. The van der Waals surface area contributed by atoms with Crippen LogP contribution in [0.4, 0.5) is 13.2 Å². The first-order valence-electron chi connectivity index (χ1n) is 7.49. The molecule has 3 aliphatic heterocycles. The zero-order valence-corrected chi connectivity index (χ0v) is 13.6. The lowest BCUT2D eigenvalue weighted by molar-refractivity contribution is -0.247. The minimum absolute atomic E-state index is 0.596. The number of hydrogen-bond donors (Lipinski definition) is 0. The molecule has 138 valence electrons. The Kier molecular flexibility index (Phi) is 4.12.